The van der Waals surface area contributed by atoms with Gasteiger partial charge in [-0.05, 0) is 25.7 Å². The second-order valence-corrected chi connectivity index (χ2v) is 8.00. The van der Waals surface area contributed by atoms with Gasteiger partial charge in [0.05, 0.1) is 24.2 Å². The zero-order valence-corrected chi connectivity index (χ0v) is 15.9. The van der Waals surface area contributed by atoms with Gasteiger partial charge in [-0.25, -0.2) is 15.4 Å². The number of amides is 1. The van der Waals surface area contributed by atoms with E-state index >= 15 is 0 Å². The van der Waals surface area contributed by atoms with Gasteiger partial charge in [0.15, 0.2) is 0 Å². The number of carbonyl (C=O) groups excluding carboxylic acids is 1. The van der Waals surface area contributed by atoms with Crippen LogP contribution in [0.1, 0.15) is 57.3 Å². The van der Waals surface area contributed by atoms with Crippen molar-refractivity contribution in [1.29, 1.82) is 0 Å². The van der Waals surface area contributed by atoms with E-state index in [1.165, 1.54) is 6.20 Å². The van der Waals surface area contributed by atoms with Crippen LogP contribution in [0.5, 0.6) is 5.88 Å². The highest BCUT2D eigenvalue weighted by atomic mass is 32.1. The average Bonchev–Trinajstić information content (AvgIpc) is 2.55. The van der Waals surface area contributed by atoms with Gasteiger partial charge in [-0.1, -0.05) is 13.8 Å². The number of nitrogens with one attached hydrogen (secondary N) is 1. The maximum atomic E-state index is 11.9. The van der Waals surface area contributed by atoms with E-state index in [9.17, 15) is 9.59 Å². The highest BCUT2D eigenvalue weighted by molar-refractivity contribution is 7.81. The molecule has 0 unspecified atom stereocenters. The van der Waals surface area contributed by atoms with Gasteiger partial charge in [-0.2, -0.15) is 17.7 Å². The molecule has 0 saturated heterocycles. The summed E-state index contributed by atoms with van der Waals surface area (Å²) in [4.78, 5) is 31.2. The minimum atomic E-state index is -0.852. The Hall–Kier alpha value is -2.16. The second-order valence-electron chi connectivity index (χ2n) is 6.79. The van der Waals surface area contributed by atoms with Gasteiger partial charge in [-0.15, -0.1) is 0 Å². The van der Waals surface area contributed by atoms with Crippen LogP contribution in [0, 0.1) is 0 Å². The molecule has 0 saturated carbocycles. The first-order valence-electron chi connectivity index (χ1n) is 8.53. The Balaban J connectivity index is 1.99. The standard InChI is InChI=1S/C17H24N4O4S/c1-17(2,26)9-13(22)21-20-12-6-3-5-11-16(12)18-10-14(19-11)25-8-4-7-15(23)24/h10,26H,3-9H2,1-2H3,(H,21,22)(H,23,24)/b20-12-. The minimum absolute atomic E-state index is 0.0535. The lowest BCUT2D eigenvalue weighted by molar-refractivity contribution is -0.137. The minimum Gasteiger partial charge on any atom is -0.481 e. The van der Waals surface area contributed by atoms with Crippen molar-refractivity contribution in [3.8, 4) is 5.88 Å². The third-order valence-corrected chi connectivity index (χ3v) is 3.77. The molecule has 1 aromatic heterocycles. The molecule has 26 heavy (non-hydrogen) atoms. The van der Waals surface area contributed by atoms with Crippen molar-refractivity contribution in [2.24, 2.45) is 5.10 Å². The summed E-state index contributed by atoms with van der Waals surface area (Å²) in [7, 11) is 0. The Labute approximate surface area is 157 Å². The van der Waals surface area contributed by atoms with Crippen LogP contribution in [-0.4, -0.2) is 44.0 Å². The van der Waals surface area contributed by atoms with E-state index in [1.807, 2.05) is 13.8 Å². The number of aryl methyl sites for hydroxylation is 1. The first-order valence-corrected chi connectivity index (χ1v) is 8.98. The number of nitrogens with zero attached hydrogens (tertiary/aromatic N) is 3. The number of carbonyl (C=O) groups is 2. The van der Waals surface area contributed by atoms with Crippen molar-refractivity contribution >= 4 is 30.2 Å². The Morgan fingerprint density at radius 1 is 1.42 bits per heavy atom. The van der Waals surface area contributed by atoms with Crippen molar-refractivity contribution in [3.63, 3.8) is 0 Å². The van der Waals surface area contributed by atoms with Crippen molar-refractivity contribution < 1.29 is 19.4 Å². The lowest BCUT2D eigenvalue weighted by atomic mass is 9.98. The highest BCUT2D eigenvalue weighted by Gasteiger charge is 2.21. The van der Waals surface area contributed by atoms with Crippen molar-refractivity contribution in [1.82, 2.24) is 15.4 Å². The number of fused-ring (bicyclic) bond motifs is 1. The Kier molecular flexibility index (Phi) is 6.96. The number of aliphatic carboxylic acids is 1. The molecule has 0 spiro atoms. The summed E-state index contributed by atoms with van der Waals surface area (Å²) in [5, 5.41) is 12.8. The van der Waals surface area contributed by atoms with Crippen LogP contribution in [-0.2, 0) is 16.0 Å². The van der Waals surface area contributed by atoms with E-state index in [1.54, 1.807) is 0 Å². The van der Waals surface area contributed by atoms with Gasteiger partial charge in [0.25, 0.3) is 0 Å². The summed E-state index contributed by atoms with van der Waals surface area (Å²) < 4.78 is 5.05. The predicted molar refractivity (Wildman–Crippen MR) is 99.7 cm³/mol. The largest absolute Gasteiger partial charge is 0.481 e. The molecule has 1 aliphatic rings. The third-order valence-electron chi connectivity index (χ3n) is 3.62. The smallest absolute Gasteiger partial charge is 0.303 e. The molecular formula is C17H24N4O4S. The van der Waals surface area contributed by atoms with Crippen LogP contribution in [0.4, 0.5) is 0 Å². The van der Waals surface area contributed by atoms with E-state index in [-0.39, 0.29) is 25.4 Å². The van der Waals surface area contributed by atoms with Crippen molar-refractivity contribution in [3.05, 3.63) is 17.6 Å². The SMILES string of the molecule is CC(C)(S)CC(=O)N/N=C1/CCCc2nc(OCCCC(=O)O)cnc21. The lowest BCUT2D eigenvalue weighted by Gasteiger charge is -2.18. The molecule has 142 valence electrons. The van der Waals surface area contributed by atoms with Crippen LogP contribution in [0.25, 0.3) is 0 Å². The number of carboxylic acids is 1. The summed E-state index contributed by atoms with van der Waals surface area (Å²) in [6.07, 6.45) is 4.55. The molecule has 9 heteroatoms. The van der Waals surface area contributed by atoms with Gasteiger partial charge in [0, 0.05) is 17.6 Å². The zero-order chi connectivity index (χ0) is 19.2. The molecule has 0 aliphatic heterocycles. The number of carboxylic acid groups (broad SMARTS) is 1. The van der Waals surface area contributed by atoms with E-state index in [2.05, 4.69) is 33.1 Å². The average molecular weight is 380 g/mol. The molecule has 1 amide bonds. The van der Waals surface area contributed by atoms with Crippen LogP contribution in [0.2, 0.25) is 0 Å². The van der Waals surface area contributed by atoms with E-state index < -0.39 is 10.7 Å². The van der Waals surface area contributed by atoms with Crippen LogP contribution >= 0.6 is 12.6 Å². The highest BCUT2D eigenvalue weighted by Crippen LogP contribution is 2.21. The fourth-order valence-electron chi connectivity index (χ4n) is 2.51. The summed E-state index contributed by atoms with van der Waals surface area (Å²) in [6, 6.07) is 0. The lowest BCUT2D eigenvalue weighted by Crippen LogP contribution is -2.28. The second kappa shape index (κ2) is 8.98. The summed E-state index contributed by atoms with van der Waals surface area (Å²) in [5.41, 5.74) is 4.70. The molecule has 1 heterocycles. The fraction of sp³-hybridized carbons (Fsp3) is 0.588. The van der Waals surface area contributed by atoms with Crippen molar-refractivity contribution in [2.45, 2.75) is 57.1 Å². The topological polar surface area (TPSA) is 114 Å². The molecule has 2 rings (SSSR count). The normalized spacial score (nSPS) is 15.4. The van der Waals surface area contributed by atoms with Gasteiger partial charge in [-0.3, -0.25) is 9.59 Å². The van der Waals surface area contributed by atoms with Gasteiger partial charge in [0.2, 0.25) is 11.8 Å². The molecule has 2 N–H and O–H groups in total. The van der Waals surface area contributed by atoms with E-state index in [4.69, 9.17) is 9.84 Å². The number of rotatable bonds is 8. The molecule has 1 aromatic rings. The monoisotopic (exact) mass is 380 g/mol. The fourth-order valence-corrected chi connectivity index (χ4v) is 2.65. The summed E-state index contributed by atoms with van der Waals surface area (Å²) >= 11 is 4.34. The molecule has 0 bridgehead atoms. The number of hydrogen-bond donors (Lipinski definition) is 3. The van der Waals surface area contributed by atoms with Crippen LogP contribution in [0.15, 0.2) is 11.3 Å². The number of hydrogen-bond acceptors (Lipinski definition) is 7. The van der Waals surface area contributed by atoms with Crippen molar-refractivity contribution in [2.75, 3.05) is 6.61 Å². The molecule has 0 fully saturated rings. The molecule has 0 atom stereocenters. The van der Waals surface area contributed by atoms with E-state index in [0.717, 1.165) is 18.5 Å². The van der Waals surface area contributed by atoms with Gasteiger partial charge >= 0.3 is 5.97 Å². The summed E-state index contributed by atoms with van der Waals surface area (Å²) in [5.74, 6) is -0.679. The van der Waals surface area contributed by atoms with Crippen LogP contribution in [0.3, 0.4) is 0 Å². The number of hydrazone groups is 1. The zero-order valence-electron chi connectivity index (χ0n) is 15.0. The molecule has 1 aliphatic carbocycles. The Bertz CT molecular complexity index is 700. The maximum absolute atomic E-state index is 11.9. The van der Waals surface area contributed by atoms with E-state index in [0.29, 0.717) is 30.1 Å². The summed E-state index contributed by atoms with van der Waals surface area (Å²) in [6.45, 7) is 4.00. The quantitative estimate of drug-likeness (QED) is 0.361. The Morgan fingerprint density at radius 2 is 2.19 bits per heavy atom. The first kappa shape index (κ1) is 20.2. The van der Waals surface area contributed by atoms with Gasteiger partial charge < -0.3 is 9.84 Å². The maximum Gasteiger partial charge on any atom is 0.303 e. The third kappa shape index (κ3) is 6.62. The number of thiol groups is 1. The number of ether oxygens (including phenoxy) is 1. The molecule has 8 nitrogen and oxygen atoms in total. The van der Waals surface area contributed by atoms with Gasteiger partial charge in [0.1, 0.15) is 5.69 Å². The first-order chi connectivity index (χ1) is 12.2. The predicted octanol–water partition coefficient (Wildman–Crippen LogP) is 1.98. The molecular weight excluding hydrogens is 356 g/mol. The Morgan fingerprint density at radius 3 is 2.88 bits per heavy atom. The molecule has 0 aromatic carbocycles. The van der Waals surface area contributed by atoms with Crippen LogP contribution < -0.4 is 10.2 Å². The molecule has 0 radical (unpaired) electrons. The number of aromatic nitrogens is 2.